The van der Waals surface area contributed by atoms with Crippen LogP contribution in [-0.4, -0.2) is 16.3 Å². The van der Waals surface area contributed by atoms with E-state index in [1.165, 1.54) is 103 Å². The minimum Gasteiger partial charge on any atom is -0.365 e. The van der Waals surface area contributed by atoms with Crippen molar-refractivity contribution in [1.29, 1.82) is 0 Å². The van der Waals surface area contributed by atoms with Gasteiger partial charge in [0.15, 0.2) is 0 Å². The summed E-state index contributed by atoms with van der Waals surface area (Å²) in [5, 5.41) is 10.5. The van der Waals surface area contributed by atoms with E-state index in [0.717, 1.165) is 0 Å². The molecule has 2 atom stereocenters. The molecule has 1 N–H and O–H groups in total. The Labute approximate surface area is 335 Å². The molecule has 57 heavy (non-hydrogen) atoms. The van der Waals surface area contributed by atoms with Gasteiger partial charge in [0, 0.05) is 37.5 Å². The van der Waals surface area contributed by atoms with Crippen molar-refractivity contribution >= 4 is 70.6 Å². The van der Waals surface area contributed by atoms with Gasteiger partial charge in [-0.15, -0.1) is 11.3 Å². The summed E-state index contributed by atoms with van der Waals surface area (Å²) in [6, 6.07) is 64.9. The largest absolute Gasteiger partial charge is 0.365 e. The van der Waals surface area contributed by atoms with E-state index in [4.69, 9.17) is 0 Å². The van der Waals surface area contributed by atoms with Gasteiger partial charge in [-0.3, -0.25) is 9.30 Å². The summed E-state index contributed by atoms with van der Waals surface area (Å²) in [5.74, 6) is 0. The quantitative estimate of drug-likeness (QED) is 0.193. The van der Waals surface area contributed by atoms with Crippen LogP contribution in [0.5, 0.6) is 0 Å². The number of nitrogens with zero attached hydrogens (tertiary/aromatic N) is 2. The number of para-hydroxylation sites is 1. The second-order valence-corrected chi connectivity index (χ2v) is 16.4. The van der Waals surface area contributed by atoms with Crippen molar-refractivity contribution in [2.45, 2.75) is 12.2 Å². The first kappa shape index (κ1) is 32.5. The van der Waals surface area contributed by atoms with Crippen LogP contribution in [-0.2, 0) is 0 Å². The van der Waals surface area contributed by atoms with E-state index in [1.54, 1.807) is 0 Å². The van der Waals surface area contributed by atoms with Crippen molar-refractivity contribution in [3.8, 4) is 22.3 Å². The third-order valence-corrected chi connectivity index (χ3v) is 13.4. The van der Waals surface area contributed by atoms with Crippen LogP contribution in [0.3, 0.4) is 0 Å². The van der Waals surface area contributed by atoms with Gasteiger partial charge in [0.05, 0.1) is 17.1 Å². The van der Waals surface area contributed by atoms with E-state index in [1.807, 2.05) is 11.3 Å². The smallest absolute Gasteiger partial charge is 0.109 e. The molecule has 0 saturated heterocycles. The van der Waals surface area contributed by atoms with Gasteiger partial charge >= 0.3 is 0 Å². The topological polar surface area (TPSA) is 19.7 Å². The van der Waals surface area contributed by atoms with Crippen molar-refractivity contribution in [2.75, 3.05) is 7.05 Å². The lowest BCUT2D eigenvalue weighted by molar-refractivity contribution is 0.169. The Balaban J connectivity index is 1.08. The average Bonchev–Trinajstić information content (AvgIpc) is 3.84. The van der Waals surface area contributed by atoms with Crippen LogP contribution in [0.2, 0.25) is 0 Å². The number of pyridine rings is 1. The number of benzene rings is 7. The molecular formula is C53H37N3S. The molecule has 2 unspecified atom stereocenters. The summed E-state index contributed by atoms with van der Waals surface area (Å²) in [6.07, 6.45) is 4.53. The summed E-state index contributed by atoms with van der Waals surface area (Å²) in [4.78, 5) is 3.79. The van der Waals surface area contributed by atoms with E-state index >= 15 is 0 Å². The van der Waals surface area contributed by atoms with Crippen molar-refractivity contribution in [3.63, 3.8) is 0 Å². The number of rotatable bonds is 4. The van der Waals surface area contributed by atoms with Gasteiger partial charge in [-0.05, 0) is 81.2 Å². The van der Waals surface area contributed by atoms with Crippen molar-refractivity contribution in [1.82, 2.24) is 14.6 Å². The molecule has 0 radical (unpaired) electrons. The first-order chi connectivity index (χ1) is 28.2. The van der Waals surface area contributed by atoms with Gasteiger partial charge in [0.1, 0.15) is 11.0 Å². The lowest BCUT2D eigenvalue weighted by Gasteiger charge is -2.45. The highest BCUT2D eigenvalue weighted by Crippen LogP contribution is 2.49. The minimum atomic E-state index is -0.0435. The third kappa shape index (κ3) is 4.88. The molecule has 1 aliphatic heterocycles. The van der Waals surface area contributed by atoms with E-state index < -0.39 is 0 Å². The maximum Gasteiger partial charge on any atom is 0.109 e. The number of nitrogens with one attached hydrogen (secondary N) is 1. The fraction of sp³-hybridized carbons (Fsp3) is 0.0566. The Hall–Kier alpha value is -6.72. The molecule has 0 spiro atoms. The first-order valence-electron chi connectivity index (χ1n) is 19.7. The fourth-order valence-electron chi connectivity index (χ4n) is 9.73. The van der Waals surface area contributed by atoms with Crippen LogP contribution in [0.15, 0.2) is 188 Å². The molecule has 3 aromatic heterocycles. The third-order valence-electron chi connectivity index (χ3n) is 12.3. The lowest BCUT2D eigenvalue weighted by Crippen LogP contribution is -2.43. The molecular weight excluding hydrogens is 711 g/mol. The van der Waals surface area contributed by atoms with Crippen LogP contribution in [0.1, 0.15) is 34.5 Å². The summed E-state index contributed by atoms with van der Waals surface area (Å²) in [5.41, 5.74) is 15.0. The molecule has 1 aliphatic carbocycles. The Morgan fingerprint density at radius 3 is 2.11 bits per heavy atom. The Morgan fingerprint density at radius 1 is 0.544 bits per heavy atom. The maximum absolute atomic E-state index is 4.03. The highest BCUT2D eigenvalue weighted by Gasteiger charge is 2.37. The summed E-state index contributed by atoms with van der Waals surface area (Å²) in [6.45, 7) is 0. The Bertz CT molecular complexity index is 3300. The van der Waals surface area contributed by atoms with Crippen LogP contribution in [0.4, 0.5) is 0 Å². The summed E-state index contributed by atoms with van der Waals surface area (Å²) in [7, 11) is 2.26. The number of fused-ring (bicyclic) bond motifs is 13. The predicted octanol–water partition coefficient (Wildman–Crippen LogP) is 13.7. The number of hydrogen-bond donors (Lipinski definition) is 1. The second kappa shape index (κ2) is 12.7. The second-order valence-electron chi connectivity index (χ2n) is 15.4. The van der Waals surface area contributed by atoms with Crippen molar-refractivity contribution in [3.05, 3.63) is 210 Å². The van der Waals surface area contributed by atoms with Gasteiger partial charge in [-0.1, -0.05) is 164 Å². The first-order valence-corrected chi connectivity index (χ1v) is 20.5. The Morgan fingerprint density at radius 2 is 1.25 bits per heavy atom. The van der Waals surface area contributed by atoms with Crippen LogP contribution in [0.25, 0.3) is 81.5 Å². The molecule has 0 amide bonds. The highest BCUT2D eigenvalue weighted by molar-refractivity contribution is 7.25. The molecule has 3 nitrogen and oxygen atoms in total. The molecule has 10 aromatic rings. The molecule has 12 rings (SSSR count). The zero-order valence-electron chi connectivity index (χ0n) is 31.4. The van der Waals surface area contributed by atoms with Crippen molar-refractivity contribution < 1.29 is 0 Å². The molecule has 0 fully saturated rings. The van der Waals surface area contributed by atoms with Gasteiger partial charge in [0.2, 0.25) is 0 Å². The summed E-state index contributed by atoms with van der Waals surface area (Å²) < 4.78 is 3.86. The number of thiophene rings is 1. The standard InChI is InChI=1S/C53H37N3S/c1-55-50-39-22-9-8-15-33(39)27-30-43(50)49(35-18-6-3-7-19-35)54-52(55)38-21-14-20-36(31-38)37-28-29-40-44(32-37)51-47(34-16-4-2-5-17-34)41-23-10-12-25-45(41)56(51)53-48(40)42-24-11-13-26-46(42)57-53/h2-32,50,52,54H,1H3. The molecule has 2 aliphatic rings. The van der Waals surface area contributed by atoms with Crippen molar-refractivity contribution in [2.24, 2.45) is 0 Å². The highest BCUT2D eigenvalue weighted by atomic mass is 32.1. The van der Waals surface area contributed by atoms with Crippen LogP contribution in [0, 0.1) is 0 Å². The monoisotopic (exact) mass is 747 g/mol. The molecule has 0 bridgehead atoms. The molecule has 7 aromatic carbocycles. The molecule has 4 heterocycles. The lowest BCUT2D eigenvalue weighted by atomic mass is 9.83. The van der Waals surface area contributed by atoms with Gasteiger partial charge in [-0.25, -0.2) is 0 Å². The SMILES string of the molecule is CN1C(c2cccc(-c3ccc4c(c3)c3c(-c5ccccc5)c5ccccc5n3c3sc5ccccc5c43)c2)NC(c2ccccc2)=C2C=Cc3ccccc3C21. The predicted molar refractivity (Wildman–Crippen MR) is 241 cm³/mol. The zero-order valence-corrected chi connectivity index (χ0v) is 32.2. The van der Waals surface area contributed by atoms with Gasteiger partial charge < -0.3 is 5.32 Å². The van der Waals surface area contributed by atoms with E-state index in [-0.39, 0.29) is 12.2 Å². The normalized spacial score (nSPS) is 16.8. The maximum atomic E-state index is 4.03. The average molecular weight is 748 g/mol. The van der Waals surface area contributed by atoms with Gasteiger partial charge in [-0.2, -0.15) is 0 Å². The van der Waals surface area contributed by atoms with Gasteiger partial charge in [0.25, 0.3) is 0 Å². The number of aromatic nitrogens is 1. The number of likely N-dealkylation sites (N-methyl/N-ethyl adjacent to an activating group) is 1. The Kier molecular flexibility index (Phi) is 7.22. The zero-order chi connectivity index (χ0) is 37.6. The molecule has 270 valence electrons. The van der Waals surface area contributed by atoms with E-state index in [0.29, 0.717) is 0 Å². The fourth-order valence-corrected chi connectivity index (χ4v) is 11.0. The summed E-state index contributed by atoms with van der Waals surface area (Å²) >= 11 is 1.89. The van der Waals surface area contributed by atoms with Crippen LogP contribution < -0.4 is 5.32 Å². The molecule has 4 heteroatoms. The van der Waals surface area contributed by atoms with E-state index in [9.17, 15) is 0 Å². The minimum absolute atomic E-state index is 0.0435. The molecule has 0 saturated carbocycles. The number of hydrogen-bond acceptors (Lipinski definition) is 3. The van der Waals surface area contributed by atoms with E-state index in [2.05, 4.69) is 210 Å². The van der Waals surface area contributed by atoms with Crippen LogP contribution >= 0.6 is 11.3 Å².